The van der Waals surface area contributed by atoms with E-state index in [0.717, 1.165) is 15.3 Å². The maximum atomic E-state index is 13.6. The summed E-state index contributed by atoms with van der Waals surface area (Å²) < 4.78 is 18.9. The molecule has 0 aliphatic rings. The molecule has 0 aliphatic heterocycles. The van der Waals surface area contributed by atoms with E-state index in [1.807, 2.05) is 19.1 Å². The van der Waals surface area contributed by atoms with Crippen molar-refractivity contribution in [2.24, 2.45) is 0 Å². The number of halogens is 2. The number of hydrogen-bond acceptors (Lipinski definition) is 4. The van der Waals surface area contributed by atoms with Crippen LogP contribution in [0.15, 0.2) is 83.5 Å². The molecule has 0 atom stereocenters. The van der Waals surface area contributed by atoms with Crippen LogP contribution in [0.2, 0.25) is 5.02 Å². The van der Waals surface area contributed by atoms with E-state index in [0.29, 0.717) is 29.4 Å². The topological polar surface area (TPSA) is 53.8 Å². The molecule has 0 aliphatic carbocycles. The van der Waals surface area contributed by atoms with Gasteiger partial charge >= 0.3 is 0 Å². The molecule has 5 nitrogen and oxygen atoms in total. The van der Waals surface area contributed by atoms with Crippen molar-refractivity contribution in [1.82, 2.24) is 9.80 Å². The Balaban J connectivity index is 1.58. The number of carbonyl (C=O) groups is 2. The molecule has 0 saturated heterocycles. The minimum atomic E-state index is -0.335. The first-order chi connectivity index (χ1) is 16.9. The van der Waals surface area contributed by atoms with Gasteiger partial charge in [-0.3, -0.25) is 9.59 Å². The molecule has 4 rings (SSSR count). The van der Waals surface area contributed by atoms with Gasteiger partial charge in [0.15, 0.2) is 0 Å². The van der Waals surface area contributed by atoms with Gasteiger partial charge in [-0.15, -0.1) is 11.3 Å². The summed E-state index contributed by atoms with van der Waals surface area (Å²) in [4.78, 5) is 32.2. The molecular weight excluding hydrogens is 487 g/mol. The molecular formula is C27H24ClFN2O3S. The van der Waals surface area contributed by atoms with E-state index < -0.39 is 0 Å². The van der Waals surface area contributed by atoms with Gasteiger partial charge in [0.05, 0.1) is 19.4 Å². The zero-order chi connectivity index (χ0) is 24.8. The third-order valence-electron chi connectivity index (χ3n) is 5.41. The molecule has 8 heteroatoms. The fourth-order valence-corrected chi connectivity index (χ4v) is 4.66. The summed E-state index contributed by atoms with van der Waals surface area (Å²) in [5, 5.41) is 0.520. The summed E-state index contributed by atoms with van der Waals surface area (Å²) in [6, 6.07) is 20.1. The van der Waals surface area contributed by atoms with Crippen LogP contribution in [0.25, 0.3) is 0 Å². The van der Waals surface area contributed by atoms with Crippen molar-refractivity contribution in [3.05, 3.63) is 117 Å². The Morgan fingerprint density at radius 2 is 1.66 bits per heavy atom. The van der Waals surface area contributed by atoms with Gasteiger partial charge < -0.3 is 14.2 Å². The lowest BCUT2D eigenvalue weighted by Gasteiger charge is -2.27. The Morgan fingerprint density at radius 1 is 0.914 bits per heavy atom. The predicted octanol–water partition coefficient (Wildman–Crippen LogP) is 6.31. The number of carbonyl (C=O) groups excluding carboxylic acids is 2. The minimum absolute atomic E-state index is 0.142. The molecule has 2 aromatic heterocycles. The second-order valence-corrected chi connectivity index (χ2v) is 9.94. The van der Waals surface area contributed by atoms with E-state index in [1.54, 1.807) is 64.8 Å². The van der Waals surface area contributed by atoms with E-state index in [1.165, 1.54) is 23.3 Å². The van der Waals surface area contributed by atoms with Crippen molar-refractivity contribution in [3.63, 3.8) is 0 Å². The molecule has 2 heterocycles. The highest BCUT2D eigenvalue weighted by Gasteiger charge is 2.24. The van der Waals surface area contributed by atoms with Gasteiger partial charge in [-0.1, -0.05) is 23.7 Å². The van der Waals surface area contributed by atoms with Crippen molar-refractivity contribution < 1.29 is 18.4 Å². The van der Waals surface area contributed by atoms with E-state index >= 15 is 0 Å². The standard InChI is InChI=1S/C27H24ClFN2O3S/c1-19-4-13-25(35-19)17-30(15-20-5-11-23(29)12-6-20)26(32)18-31(16-24-3-2-14-34-24)27(33)21-7-9-22(28)10-8-21/h2-14H,15-18H2,1H3. The van der Waals surface area contributed by atoms with E-state index in [4.69, 9.17) is 16.0 Å². The highest BCUT2D eigenvalue weighted by Crippen LogP contribution is 2.20. The molecule has 0 saturated carbocycles. The summed E-state index contributed by atoms with van der Waals surface area (Å²) in [7, 11) is 0. The van der Waals surface area contributed by atoms with Crippen molar-refractivity contribution in [3.8, 4) is 0 Å². The average Bonchev–Trinajstić information content (AvgIpc) is 3.51. The highest BCUT2D eigenvalue weighted by atomic mass is 35.5. The van der Waals surface area contributed by atoms with Gasteiger partial charge in [-0.25, -0.2) is 4.39 Å². The first-order valence-electron chi connectivity index (χ1n) is 11.0. The van der Waals surface area contributed by atoms with Gasteiger partial charge in [-0.2, -0.15) is 0 Å². The first kappa shape index (κ1) is 24.7. The highest BCUT2D eigenvalue weighted by molar-refractivity contribution is 7.11. The third-order valence-corrected chi connectivity index (χ3v) is 6.65. The molecule has 0 N–H and O–H groups in total. The van der Waals surface area contributed by atoms with Crippen LogP contribution in [0.5, 0.6) is 0 Å². The number of thiophene rings is 1. The van der Waals surface area contributed by atoms with Crippen molar-refractivity contribution in [2.45, 2.75) is 26.6 Å². The Labute approximate surface area is 212 Å². The van der Waals surface area contributed by atoms with Crippen LogP contribution < -0.4 is 0 Å². The van der Waals surface area contributed by atoms with Gasteiger partial charge in [-0.05, 0) is 73.2 Å². The maximum absolute atomic E-state index is 13.6. The van der Waals surface area contributed by atoms with Gasteiger partial charge in [0.25, 0.3) is 5.91 Å². The maximum Gasteiger partial charge on any atom is 0.254 e. The molecule has 0 spiro atoms. The van der Waals surface area contributed by atoms with Gasteiger partial charge in [0.2, 0.25) is 5.91 Å². The number of furan rings is 1. The van der Waals surface area contributed by atoms with Gasteiger partial charge in [0, 0.05) is 26.9 Å². The Bertz CT molecular complexity index is 1270. The van der Waals surface area contributed by atoms with Crippen LogP contribution in [0, 0.1) is 12.7 Å². The number of nitrogens with zero attached hydrogens (tertiary/aromatic N) is 2. The summed E-state index contributed by atoms with van der Waals surface area (Å²) in [5.74, 6) is -0.299. The lowest BCUT2D eigenvalue weighted by Crippen LogP contribution is -2.42. The fourth-order valence-electron chi connectivity index (χ4n) is 3.63. The minimum Gasteiger partial charge on any atom is -0.467 e. The fraction of sp³-hybridized carbons (Fsp3) is 0.185. The zero-order valence-electron chi connectivity index (χ0n) is 19.1. The quantitative estimate of drug-likeness (QED) is 0.265. The van der Waals surface area contributed by atoms with Crippen LogP contribution in [-0.4, -0.2) is 28.2 Å². The van der Waals surface area contributed by atoms with Crippen LogP contribution >= 0.6 is 22.9 Å². The molecule has 2 aromatic carbocycles. The molecule has 35 heavy (non-hydrogen) atoms. The van der Waals surface area contributed by atoms with Crippen LogP contribution in [-0.2, 0) is 24.4 Å². The second-order valence-electron chi connectivity index (χ2n) is 8.14. The summed E-state index contributed by atoms with van der Waals surface area (Å²) in [6.45, 7) is 2.69. The van der Waals surface area contributed by atoms with Crippen molar-refractivity contribution in [2.75, 3.05) is 6.54 Å². The number of aryl methyl sites for hydroxylation is 1. The Morgan fingerprint density at radius 3 is 2.29 bits per heavy atom. The average molecular weight is 511 g/mol. The second kappa shape index (κ2) is 11.3. The number of hydrogen-bond donors (Lipinski definition) is 0. The number of rotatable bonds is 9. The normalized spacial score (nSPS) is 10.8. The van der Waals surface area contributed by atoms with Crippen molar-refractivity contribution in [1.29, 1.82) is 0 Å². The van der Waals surface area contributed by atoms with E-state index in [2.05, 4.69) is 0 Å². The van der Waals surface area contributed by atoms with Crippen molar-refractivity contribution >= 4 is 34.8 Å². The molecule has 0 fully saturated rings. The number of amides is 2. The summed E-state index contributed by atoms with van der Waals surface area (Å²) in [6.07, 6.45) is 1.53. The molecule has 2 amide bonds. The Kier molecular flexibility index (Phi) is 8.00. The SMILES string of the molecule is Cc1ccc(CN(Cc2ccc(F)cc2)C(=O)CN(Cc2ccco2)C(=O)c2ccc(Cl)cc2)s1. The van der Waals surface area contributed by atoms with E-state index in [-0.39, 0.29) is 30.7 Å². The molecule has 4 aromatic rings. The lowest BCUT2D eigenvalue weighted by molar-refractivity contribution is -0.133. The third kappa shape index (κ3) is 6.81. The molecule has 180 valence electrons. The molecule has 0 unspecified atom stereocenters. The van der Waals surface area contributed by atoms with E-state index in [9.17, 15) is 14.0 Å². The monoisotopic (exact) mass is 510 g/mol. The summed E-state index contributed by atoms with van der Waals surface area (Å²) >= 11 is 7.59. The molecule has 0 radical (unpaired) electrons. The zero-order valence-corrected chi connectivity index (χ0v) is 20.7. The van der Waals surface area contributed by atoms with Crippen LogP contribution in [0.4, 0.5) is 4.39 Å². The molecule has 0 bridgehead atoms. The van der Waals surface area contributed by atoms with Crippen LogP contribution in [0.1, 0.15) is 31.4 Å². The summed E-state index contributed by atoms with van der Waals surface area (Å²) in [5.41, 5.74) is 1.22. The Hall–Kier alpha value is -3.42. The number of benzene rings is 2. The lowest BCUT2D eigenvalue weighted by atomic mass is 10.2. The smallest absolute Gasteiger partial charge is 0.254 e. The predicted molar refractivity (Wildman–Crippen MR) is 135 cm³/mol. The van der Waals surface area contributed by atoms with Crippen LogP contribution in [0.3, 0.4) is 0 Å². The largest absolute Gasteiger partial charge is 0.467 e. The van der Waals surface area contributed by atoms with Gasteiger partial charge in [0.1, 0.15) is 18.1 Å². The first-order valence-corrected chi connectivity index (χ1v) is 12.2.